The summed E-state index contributed by atoms with van der Waals surface area (Å²) in [5.74, 6) is 1.05. The number of ketones is 1. The van der Waals surface area contributed by atoms with Gasteiger partial charge in [0.2, 0.25) is 0 Å². The molecular formula is C16H22O. The van der Waals surface area contributed by atoms with Crippen LogP contribution in [0.5, 0.6) is 0 Å². The van der Waals surface area contributed by atoms with Gasteiger partial charge in [0.15, 0.2) is 0 Å². The van der Waals surface area contributed by atoms with E-state index >= 15 is 0 Å². The van der Waals surface area contributed by atoms with Gasteiger partial charge in [0.05, 0.1) is 0 Å². The summed E-state index contributed by atoms with van der Waals surface area (Å²) >= 11 is 0. The minimum absolute atomic E-state index is 0.219. The highest BCUT2D eigenvalue weighted by molar-refractivity contribution is 5.80. The van der Waals surface area contributed by atoms with Crippen LogP contribution < -0.4 is 0 Å². The van der Waals surface area contributed by atoms with Gasteiger partial charge in [-0.25, -0.2) is 0 Å². The maximum atomic E-state index is 11.7. The molecule has 1 aliphatic carbocycles. The Kier molecular flexibility index (Phi) is 3.66. The largest absolute Gasteiger partial charge is 0.300 e. The molecule has 0 N–H and O–H groups in total. The summed E-state index contributed by atoms with van der Waals surface area (Å²) in [5, 5.41) is 0. The second-order valence-electron chi connectivity index (χ2n) is 6.18. The van der Waals surface area contributed by atoms with E-state index in [1.165, 1.54) is 12.0 Å². The fourth-order valence-corrected chi connectivity index (χ4v) is 3.07. The van der Waals surface area contributed by atoms with Gasteiger partial charge in [0.25, 0.3) is 0 Å². The molecule has 0 aromatic heterocycles. The molecule has 1 heteroatoms. The maximum Gasteiger partial charge on any atom is 0.133 e. The van der Waals surface area contributed by atoms with Crippen LogP contribution >= 0.6 is 0 Å². The van der Waals surface area contributed by atoms with E-state index in [0.29, 0.717) is 11.7 Å². The van der Waals surface area contributed by atoms with E-state index in [1.807, 2.05) is 0 Å². The fraction of sp³-hybridized carbons (Fsp3) is 0.562. The van der Waals surface area contributed by atoms with Crippen LogP contribution in [0.1, 0.15) is 45.1 Å². The molecule has 0 radical (unpaired) electrons. The first kappa shape index (κ1) is 12.3. The third kappa shape index (κ3) is 3.69. The minimum atomic E-state index is 0.219. The Labute approximate surface area is 104 Å². The molecular weight excluding hydrogens is 208 g/mol. The highest BCUT2D eigenvalue weighted by Crippen LogP contribution is 2.38. The molecule has 1 aromatic rings. The van der Waals surface area contributed by atoms with Crippen molar-refractivity contribution in [3.63, 3.8) is 0 Å². The summed E-state index contributed by atoms with van der Waals surface area (Å²) < 4.78 is 0. The van der Waals surface area contributed by atoms with Crippen LogP contribution in [0.3, 0.4) is 0 Å². The summed E-state index contributed by atoms with van der Waals surface area (Å²) in [4.78, 5) is 11.7. The standard InChI is InChI=1S/C16H22O/c1-16(2)11-14(10-15(17)12-16)9-8-13-6-4-3-5-7-13/h3-7,14H,8-12H2,1-2H3/t14-/m0/s1. The van der Waals surface area contributed by atoms with E-state index in [0.717, 1.165) is 25.7 Å². The van der Waals surface area contributed by atoms with Gasteiger partial charge in [-0.2, -0.15) is 0 Å². The molecule has 1 aromatic carbocycles. The first-order chi connectivity index (χ1) is 8.05. The molecule has 0 aliphatic heterocycles. The third-order valence-corrected chi connectivity index (χ3v) is 3.72. The van der Waals surface area contributed by atoms with Gasteiger partial charge in [0.1, 0.15) is 5.78 Å². The zero-order valence-corrected chi connectivity index (χ0v) is 10.9. The molecule has 0 spiro atoms. The van der Waals surface area contributed by atoms with Gasteiger partial charge in [-0.1, -0.05) is 44.2 Å². The molecule has 0 amide bonds. The molecule has 1 saturated carbocycles. The maximum absolute atomic E-state index is 11.7. The third-order valence-electron chi connectivity index (χ3n) is 3.72. The SMILES string of the molecule is CC1(C)CC(=O)C[C@H](CCc2ccccc2)C1. The molecule has 1 fully saturated rings. The molecule has 92 valence electrons. The van der Waals surface area contributed by atoms with E-state index in [-0.39, 0.29) is 5.41 Å². The molecule has 0 bridgehead atoms. The lowest BCUT2D eigenvalue weighted by molar-refractivity contribution is -0.124. The Bertz CT molecular complexity index is 378. The minimum Gasteiger partial charge on any atom is -0.300 e. The second-order valence-corrected chi connectivity index (χ2v) is 6.18. The van der Waals surface area contributed by atoms with Gasteiger partial charge in [-0.3, -0.25) is 4.79 Å². The molecule has 17 heavy (non-hydrogen) atoms. The van der Waals surface area contributed by atoms with E-state index < -0.39 is 0 Å². The average Bonchev–Trinajstić information content (AvgIpc) is 2.25. The summed E-state index contributed by atoms with van der Waals surface area (Å²) in [7, 11) is 0. The number of benzene rings is 1. The lowest BCUT2D eigenvalue weighted by atomic mass is 9.70. The van der Waals surface area contributed by atoms with Crippen LogP contribution in [0.25, 0.3) is 0 Å². The van der Waals surface area contributed by atoms with Crippen molar-refractivity contribution in [2.75, 3.05) is 0 Å². The Morgan fingerprint density at radius 1 is 1.24 bits per heavy atom. The number of hydrogen-bond acceptors (Lipinski definition) is 1. The van der Waals surface area contributed by atoms with Crippen molar-refractivity contribution in [3.8, 4) is 0 Å². The van der Waals surface area contributed by atoms with Crippen LogP contribution in [-0.2, 0) is 11.2 Å². The first-order valence-corrected chi connectivity index (χ1v) is 6.61. The van der Waals surface area contributed by atoms with E-state index in [4.69, 9.17) is 0 Å². The zero-order chi connectivity index (χ0) is 12.3. The van der Waals surface area contributed by atoms with Crippen LogP contribution in [0, 0.1) is 11.3 Å². The number of carbonyl (C=O) groups is 1. The Morgan fingerprint density at radius 3 is 2.59 bits per heavy atom. The molecule has 0 heterocycles. The van der Waals surface area contributed by atoms with Gasteiger partial charge < -0.3 is 0 Å². The van der Waals surface area contributed by atoms with Gasteiger partial charge >= 0.3 is 0 Å². The van der Waals surface area contributed by atoms with Crippen molar-refractivity contribution in [2.45, 2.75) is 46.0 Å². The van der Waals surface area contributed by atoms with Crippen LogP contribution in [0.4, 0.5) is 0 Å². The van der Waals surface area contributed by atoms with Gasteiger partial charge in [-0.05, 0) is 36.2 Å². The van der Waals surface area contributed by atoms with Gasteiger partial charge in [0, 0.05) is 12.8 Å². The normalized spacial score (nSPS) is 23.6. The second kappa shape index (κ2) is 5.03. The van der Waals surface area contributed by atoms with Crippen LogP contribution in [-0.4, -0.2) is 5.78 Å². The number of aryl methyl sites for hydroxylation is 1. The van der Waals surface area contributed by atoms with E-state index in [1.54, 1.807) is 0 Å². The van der Waals surface area contributed by atoms with Crippen molar-refractivity contribution in [1.82, 2.24) is 0 Å². The van der Waals surface area contributed by atoms with Crippen molar-refractivity contribution in [3.05, 3.63) is 35.9 Å². The summed E-state index contributed by atoms with van der Waals surface area (Å²) in [6.07, 6.45) is 5.03. The first-order valence-electron chi connectivity index (χ1n) is 6.61. The average molecular weight is 230 g/mol. The quantitative estimate of drug-likeness (QED) is 0.766. The number of rotatable bonds is 3. The van der Waals surface area contributed by atoms with Crippen LogP contribution in [0.2, 0.25) is 0 Å². The predicted molar refractivity (Wildman–Crippen MR) is 70.9 cm³/mol. The monoisotopic (exact) mass is 230 g/mol. The van der Waals surface area contributed by atoms with Crippen molar-refractivity contribution < 1.29 is 4.79 Å². The number of hydrogen-bond donors (Lipinski definition) is 0. The van der Waals surface area contributed by atoms with Gasteiger partial charge in [-0.15, -0.1) is 0 Å². The highest BCUT2D eigenvalue weighted by atomic mass is 16.1. The number of Topliss-reactive ketones (excluding diaryl/α,β-unsaturated/α-hetero) is 1. The van der Waals surface area contributed by atoms with Crippen LogP contribution in [0.15, 0.2) is 30.3 Å². The summed E-state index contributed by atoms with van der Waals surface area (Å²) in [5.41, 5.74) is 1.61. The summed E-state index contributed by atoms with van der Waals surface area (Å²) in [6.45, 7) is 4.44. The molecule has 1 nitrogen and oxygen atoms in total. The lowest BCUT2D eigenvalue weighted by Gasteiger charge is -2.34. The Hall–Kier alpha value is -1.11. The fourth-order valence-electron chi connectivity index (χ4n) is 3.07. The molecule has 0 unspecified atom stereocenters. The van der Waals surface area contributed by atoms with Crippen molar-refractivity contribution in [2.24, 2.45) is 11.3 Å². The van der Waals surface area contributed by atoms with E-state index in [2.05, 4.69) is 44.2 Å². The molecule has 1 aliphatic rings. The topological polar surface area (TPSA) is 17.1 Å². The molecule has 0 saturated heterocycles. The predicted octanol–water partition coefficient (Wildman–Crippen LogP) is 4.01. The summed E-state index contributed by atoms with van der Waals surface area (Å²) in [6, 6.07) is 10.6. The van der Waals surface area contributed by atoms with E-state index in [9.17, 15) is 4.79 Å². The zero-order valence-electron chi connectivity index (χ0n) is 10.9. The Morgan fingerprint density at radius 2 is 1.94 bits per heavy atom. The molecule has 1 atom stereocenters. The van der Waals surface area contributed by atoms with Crippen molar-refractivity contribution >= 4 is 5.78 Å². The Balaban J connectivity index is 1.89. The molecule has 2 rings (SSSR count). The lowest BCUT2D eigenvalue weighted by Crippen LogP contribution is -2.29. The number of carbonyl (C=O) groups excluding carboxylic acids is 1. The smallest absolute Gasteiger partial charge is 0.133 e. The highest BCUT2D eigenvalue weighted by Gasteiger charge is 2.32. The van der Waals surface area contributed by atoms with Crippen molar-refractivity contribution in [1.29, 1.82) is 0 Å².